The summed E-state index contributed by atoms with van der Waals surface area (Å²) in [6.45, 7) is 0.496. The molecule has 1 atom stereocenters. The lowest BCUT2D eigenvalue weighted by atomic mass is 9.79. The van der Waals surface area contributed by atoms with Crippen LogP contribution in [-0.4, -0.2) is 5.91 Å². The van der Waals surface area contributed by atoms with Gasteiger partial charge in [-0.25, -0.2) is 0 Å². The highest BCUT2D eigenvalue weighted by atomic mass is 35.5. The topological polar surface area (TPSA) is 55.1 Å². The smallest absolute Gasteiger partial charge is 0.251 e. The zero-order chi connectivity index (χ0) is 16.1. The normalized spacial score (nSPS) is 15.0. The van der Waals surface area contributed by atoms with Gasteiger partial charge in [0.05, 0.1) is 6.04 Å². The molecule has 1 amide bonds. The van der Waals surface area contributed by atoms with Crippen LogP contribution in [0.25, 0.3) is 0 Å². The summed E-state index contributed by atoms with van der Waals surface area (Å²) in [6.07, 6.45) is 4.91. The molecule has 0 spiro atoms. The Balaban J connectivity index is 0.00000208. The lowest BCUT2D eigenvalue weighted by molar-refractivity contribution is 0.0925. The number of benzene rings is 2. The molecule has 1 aliphatic rings. The quantitative estimate of drug-likeness (QED) is 0.824. The van der Waals surface area contributed by atoms with Gasteiger partial charge in [-0.2, -0.15) is 0 Å². The van der Waals surface area contributed by atoms with Crippen molar-refractivity contribution >= 4 is 18.3 Å². The summed E-state index contributed by atoms with van der Waals surface area (Å²) in [7, 11) is 0. The Morgan fingerprint density at radius 2 is 1.75 bits per heavy atom. The second-order valence-corrected chi connectivity index (χ2v) is 6.37. The van der Waals surface area contributed by atoms with Gasteiger partial charge in [-0.3, -0.25) is 4.79 Å². The summed E-state index contributed by atoms with van der Waals surface area (Å²) in [4.78, 5) is 12.6. The third-order valence-electron chi connectivity index (χ3n) is 4.75. The van der Waals surface area contributed by atoms with Crippen LogP contribution in [0, 0.1) is 5.92 Å². The van der Waals surface area contributed by atoms with Crippen LogP contribution in [0.2, 0.25) is 0 Å². The Morgan fingerprint density at radius 1 is 1.08 bits per heavy atom. The van der Waals surface area contributed by atoms with Gasteiger partial charge in [-0.15, -0.1) is 12.4 Å². The van der Waals surface area contributed by atoms with E-state index in [0.29, 0.717) is 12.1 Å². The fourth-order valence-corrected chi connectivity index (χ4v) is 3.06. The van der Waals surface area contributed by atoms with E-state index in [1.165, 1.54) is 24.8 Å². The Labute approximate surface area is 150 Å². The van der Waals surface area contributed by atoms with Crippen LogP contribution in [0.5, 0.6) is 0 Å². The number of hydrogen-bond acceptors (Lipinski definition) is 2. The van der Waals surface area contributed by atoms with Crippen LogP contribution >= 0.6 is 12.4 Å². The van der Waals surface area contributed by atoms with Gasteiger partial charge >= 0.3 is 0 Å². The highest BCUT2D eigenvalue weighted by Gasteiger charge is 2.24. The van der Waals surface area contributed by atoms with E-state index in [0.717, 1.165) is 17.9 Å². The van der Waals surface area contributed by atoms with Crippen LogP contribution in [0.4, 0.5) is 0 Å². The second kappa shape index (κ2) is 8.86. The minimum absolute atomic E-state index is 0. The number of carbonyl (C=O) groups excluding carboxylic acids is 1. The van der Waals surface area contributed by atoms with Crippen molar-refractivity contribution in [3.8, 4) is 0 Å². The molecule has 128 valence electrons. The monoisotopic (exact) mass is 344 g/mol. The van der Waals surface area contributed by atoms with Gasteiger partial charge in [-0.1, -0.05) is 61.7 Å². The average Bonchev–Trinajstić information content (AvgIpc) is 2.57. The van der Waals surface area contributed by atoms with Crippen molar-refractivity contribution < 1.29 is 4.79 Å². The Hall–Kier alpha value is -1.84. The molecule has 2 aromatic rings. The van der Waals surface area contributed by atoms with Crippen molar-refractivity contribution in [2.75, 3.05) is 0 Å². The minimum Gasteiger partial charge on any atom is -0.345 e. The van der Waals surface area contributed by atoms with Crippen LogP contribution in [0.1, 0.15) is 53.2 Å². The molecular weight excluding hydrogens is 320 g/mol. The van der Waals surface area contributed by atoms with Crippen LogP contribution in [0.15, 0.2) is 54.6 Å². The third-order valence-corrected chi connectivity index (χ3v) is 4.75. The molecule has 24 heavy (non-hydrogen) atoms. The van der Waals surface area contributed by atoms with E-state index in [4.69, 9.17) is 5.73 Å². The zero-order valence-corrected chi connectivity index (χ0v) is 14.6. The van der Waals surface area contributed by atoms with Crippen molar-refractivity contribution in [1.29, 1.82) is 0 Å². The molecule has 3 nitrogen and oxygen atoms in total. The first-order chi connectivity index (χ1) is 11.3. The van der Waals surface area contributed by atoms with Crippen molar-refractivity contribution in [3.63, 3.8) is 0 Å². The van der Waals surface area contributed by atoms with Crippen molar-refractivity contribution in [3.05, 3.63) is 71.3 Å². The summed E-state index contributed by atoms with van der Waals surface area (Å²) in [5.74, 6) is 0.724. The highest BCUT2D eigenvalue weighted by molar-refractivity contribution is 5.94. The highest BCUT2D eigenvalue weighted by Crippen LogP contribution is 2.34. The van der Waals surface area contributed by atoms with Gasteiger partial charge in [0.2, 0.25) is 0 Å². The SMILES string of the molecule is Cl.NCc1ccc(C(=O)NC(CC2CCC2)c2ccccc2)cc1. The standard InChI is InChI=1S/C20H24N2O.ClH/c21-14-16-9-11-18(12-10-16)20(23)22-19(13-15-5-4-6-15)17-7-2-1-3-8-17;/h1-3,7-12,15,19H,4-6,13-14,21H2,(H,22,23);1H. The summed E-state index contributed by atoms with van der Waals surface area (Å²) in [6, 6.07) is 17.9. The molecule has 3 rings (SSSR count). The maximum atomic E-state index is 12.6. The predicted molar refractivity (Wildman–Crippen MR) is 100 cm³/mol. The van der Waals surface area contributed by atoms with Crippen LogP contribution in [-0.2, 0) is 6.54 Å². The molecule has 0 aromatic heterocycles. The second-order valence-electron chi connectivity index (χ2n) is 6.37. The van der Waals surface area contributed by atoms with E-state index >= 15 is 0 Å². The van der Waals surface area contributed by atoms with E-state index in [-0.39, 0.29) is 24.4 Å². The van der Waals surface area contributed by atoms with Gasteiger partial charge in [0, 0.05) is 12.1 Å². The Kier molecular flexibility index (Phi) is 6.83. The molecule has 0 radical (unpaired) electrons. The predicted octanol–water partition coefficient (Wildman–Crippen LogP) is 4.23. The van der Waals surface area contributed by atoms with Gasteiger partial charge < -0.3 is 11.1 Å². The fourth-order valence-electron chi connectivity index (χ4n) is 3.06. The average molecular weight is 345 g/mol. The van der Waals surface area contributed by atoms with Gasteiger partial charge in [0.1, 0.15) is 0 Å². The van der Waals surface area contributed by atoms with Gasteiger partial charge in [-0.05, 0) is 35.6 Å². The van der Waals surface area contributed by atoms with Gasteiger partial charge in [0.15, 0.2) is 0 Å². The van der Waals surface area contributed by atoms with Crippen molar-refractivity contribution in [1.82, 2.24) is 5.32 Å². The number of hydrogen-bond donors (Lipinski definition) is 2. The molecule has 0 heterocycles. The lowest BCUT2D eigenvalue weighted by Crippen LogP contribution is -2.31. The first-order valence-corrected chi connectivity index (χ1v) is 8.41. The first kappa shape index (κ1) is 18.5. The molecule has 1 unspecified atom stereocenters. The van der Waals surface area contributed by atoms with Crippen LogP contribution < -0.4 is 11.1 Å². The first-order valence-electron chi connectivity index (χ1n) is 8.41. The van der Waals surface area contributed by atoms with E-state index in [9.17, 15) is 4.79 Å². The Morgan fingerprint density at radius 3 is 2.29 bits per heavy atom. The number of nitrogens with one attached hydrogen (secondary N) is 1. The number of nitrogens with two attached hydrogens (primary N) is 1. The molecule has 4 heteroatoms. The van der Waals surface area contributed by atoms with Crippen LogP contribution in [0.3, 0.4) is 0 Å². The summed E-state index contributed by atoms with van der Waals surface area (Å²) in [5.41, 5.74) is 8.52. The maximum absolute atomic E-state index is 12.6. The molecule has 1 aliphatic carbocycles. The molecule has 0 aliphatic heterocycles. The number of rotatable bonds is 6. The van der Waals surface area contributed by atoms with Gasteiger partial charge in [0.25, 0.3) is 5.91 Å². The Bertz CT molecular complexity index is 638. The fraction of sp³-hybridized carbons (Fsp3) is 0.350. The minimum atomic E-state index is -0.0123. The summed E-state index contributed by atoms with van der Waals surface area (Å²) >= 11 is 0. The summed E-state index contributed by atoms with van der Waals surface area (Å²) < 4.78 is 0. The molecule has 0 bridgehead atoms. The number of carbonyl (C=O) groups is 1. The molecule has 1 fully saturated rings. The maximum Gasteiger partial charge on any atom is 0.251 e. The largest absolute Gasteiger partial charge is 0.345 e. The number of amides is 1. The molecule has 2 aromatic carbocycles. The van der Waals surface area contributed by atoms with E-state index in [1.54, 1.807) is 0 Å². The lowest BCUT2D eigenvalue weighted by Gasteiger charge is -2.30. The molecule has 3 N–H and O–H groups in total. The number of halogens is 1. The molecule has 0 saturated heterocycles. The van der Waals surface area contributed by atoms with E-state index in [2.05, 4.69) is 17.4 Å². The zero-order valence-electron chi connectivity index (χ0n) is 13.8. The van der Waals surface area contributed by atoms with Crippen molar-refractivity contribution in [2.24, 2.45) is 11.7 Å². The summed E-state index contributed by atoms with van der Waals surface area (Å²) in [5, 5.41) is 3.22. The van der Waals surface area contributed by atoms with Crippen molar-refractivity contribution in [2.45, 2.75) is 38.3 Å². The molecular formula is C20H25ClN2O. The third kappa shape index (κ3) is 4.59. The molecule has 1 saturated carbocycles. The van der Waals surface area contributed by atoms with E-state index in [1.807, 2.05) is 42.5 Å². The van der Waals surface area contributed by atoms with E-state index < -0.39 is 0 Å².